The summed E-state index contributed by atoms with van der Waals surface area (Å²) in [7, 11) is 0. The molecule has 16 nitrogen and oxygen atoms in total. The molecule has 2 aliphatic rings. The SMILES string of the molecule is CCOC(=O)[C@H]1CN(c2nccc(C)n2)C[C@H]1Cc1ccc(OCCc2nc(-c3ccc(C(C)(C)C)cc3)oc2C)cc1.Cc1oc(-c2ccc(C(C)(C)C)cc2)nc1CCOc1ccc(C[C@@H]2CN(c3nccc(C(F)(F)F)n3)C[C@@H]2C(=O)O)cc1. The number of ether oxygens (including phenoxy) is 3. The zero-order chi connectivity index (χ0) is 62.2. The molecule has 2 aliphatic heterocycles. The smallest absolute Gasteiger partial charge is 0.433 e. The van der Waals surface area contributed by atoms with Crippen molar-refractivity contribution in [2.75, 3.05) is 55.8 Å². The lowest BCUT2D eigenvalue weighted by Crippen LogP contribution is -2.27. The fourth-order valence-corrected chi connectivity index (χ4v) is 10.9. The van der Waals surface area contributed by atoms with Gasteiger partial charge in [0.25, 0.3) is 0 Å². The Bertz CT molecular complexity index is 3590. The number of aliphatic carboxylic acids is 1. The van der Waals surface area contributed by atoms with E-state index in [0.717, 1.165) is 75.3 Å². The second-order valence-corrected chi connectivity index (χ2v) is 24.5. The minimum absolute atomic E-state index is 0.0356. The number of carboxylic acids is 1. The quantitative estimate of drug-likeness (QED) is 0.0751. The number of benzene rings is 4. The van der Waals surface area contributed by atoms with Gasteiger partial charge in [-0.15, -0.1) is 0 Å². The Morgan fingerprint density at radius 1 is 0.575 bits per heavy atom. The van der Waals surface area contributed by atoms with Crippen LogP contribution in [0.2, 0.25) is 0 Å². The lowest BCUT2D eigenvalue weighted by atomic mass is 9.87. The van der Waals surface area contributed by atoms with Gasteiger partial charge in [0, 0.05) is 68.2 Å². The minimum atomic E-state index is -4.61. The number of carbonyl (C=O) groups is 2. The standard InChI is InChI=1S/C35H42N4O4.C33H35F3N4O4/c1-7-41-33(40)30-22-39(34-36-18-16-23(2)37-34)21-27(30)20-25-8-14-29(15-9-25)42-19-17-31-24(3)43-32(38-31)26-10-12-28(13-11-26)35(4,5)6;1-20-27(38-29(44-20)22-7-9-24(10-8-22)32(2,3)4)14-16-43-25-11-5-21(6-12-25)17-23-18-40(19-26(23)30(41)42)31-37-15-13-28(39-31)33(34,35)36/h8-16,18,27,30H,7,17,19-22H2,1-6H3;5-13,15,23,26H,14,16-19H2,1-4H3,(H,41,42)/t27-,30+;23-,26+/m11/s1. The number of nitrogens with zero attached hydrogens (tertiary/aromatic N) is 8. The molecule has 2 saturated heterocycles. The largest absolute Gasteiger partial charge is 0.493 e. The second kappa shape index (κ2) is 27.0. The van der Waals surface area contributed by atoms with Crippen LogP contribution in [-0.4, -0.2) is 92.9 Å². The number of hydrogen-bond donors (Lipinski definition) is 1. The molecule has 0 saturated carbocycles. The fraction of sp³-hybridized carbons (Fsp3) is 0.412. The molecule has 1 N–H and O–H groups in total. The summed E-state index contributed by atoms with van der Waals surface area (Å²) in [6.07, 6.45) is 0.597. The monoisotopic (exact) mass is 1190 g/mol. The molecule has 4 aromatic heterocycles. The van der Waals surface area contributed by atoms with E-state index in [1.54, 1.807) is 6.20 Å². The zero-order valence-corrected chi connectivity index (χ0v) is 51.2. The van der Waals surface area contributed by atoms with Gasteiger partial charge in [0.1, 0.15) is 28.7 Å². The zero-order valence-electron chi connectivity index (χ0n) is 51.2. The van der Waals surface area contributed by atoms with Gasteiger partial charge in [-0.05, 0) is 146 Å². The van der Waals surface area contributed by atoms with Crippen LogP contribution in [0.3, 0.4) is 0 Å². The summed E-state index contributed by atoms with van der Waals surface area (Å²) < 4.78 is 68.7. The number of halogens is 3. The Kier molecular flexibility index (Phi) is 19.5. The summed E-state index contributed by atoms with van der Waals surface area (Å²) in [5.41, 5.74) is 8.19. The van der Waals surface area contributed by atoms with Gasteiger partial charge in [0.15, 0.2) is 0 Å². The molecule has 2 fully saturated rings. The summed E-state index contributed by atoms with van der Waals surface area (Å²) in [6, 6.07) is 34.8. The predicted molar refractivity (Wildman–Crippen MR) is 326 cm³/mol. The Morgan fingerprint density at radius 3 is 1.44 bits per heavy atom. The number of alkyl halides is 3. The lowest BCUT2D eigenvalue weighted by molar-refractivity contribution is -0.148. The van der Waals surface area contributed by atoms with E-state index in [1.165, 1.54) is 16.0 Å². The van der Waals surface area contributed by atoms with Crippen LogP contribution in [0.5, 0.6) is 11.5 Å². The molecule has 19 heteroatoms. The van der Waals surface area contributed by atoms with Crippen LogP contribution in [0, 0.1) is 44.4 Å². The fourth-order valence-electron chi connectivity index (χ4n) is 10.9. The predicted octanol–water partition coefficient (Wildman–Crippen LogP) is 13.3. The van der Waals surface area contributed by atoms with Gasteiger partial charge in [-0.1, -0.05) is 90.1 Å². The van der Waals surface area contributed by atoms with Gasteiger partial charge < -0.3 is 38.0 Å². The summed E-state index contributed by atoms with van der Waals surface area (Å²) in [4.78, 5) is 54.4. The van der Waals surface area contributed by atoms with Crippen molar-refractivity contribution < 1.29 is 50.9 Å². The van der Waals surface area contributed by atoms with E-state index in [-0.39, 0.29) is 53.6 Å². The summed E-state index contributed by atoms with van der Waals surface area (Å²) in [5, 5.41) is 9.79. The first kappa shape index (κ1) is 62.9. The molecule has 10 rings (SSSR count). The number of hydrogen-bond acceptors (Lipinski definition) is 15. The molecule has 0 aliphatic carbocycles. The Morgan fingerprint density at radius 2 is 1.01 bits per heavy atom. The lowest BCUT2D eigenvalue weighted by Gasteiger charge is -2.18. The highest BCUT2D eigenvalue weighted by atomic mass is 19.4. The van der Waals surface area contributed by atoms with Crippen LogP contribution in [0.1, 0.15) is 105 Å². The van der Waals surface area contributed by atoms with Gasteiger partial charge in [-0.2, -0.15) is 13.2 Å². The first-order valence-corrected chi connectivity index (χ1v) is 29.6. The van der Waals surface area contributed by atoms with E-state index in [4.69, 9.17) is 28.0 Å². The van der Waals surface area contributed by atoms with E-state index in [2.05, 4.69) is 120 Å². The molecule has 8 aromatic rings. The minimum Gasteiger partial charge on any atom is -0.493 e. The van der Waals surface area contributed by atoms with Gasteiger partial charge in [0.2, 0.25) is 23.7 Å². The summed E-state index contributed by atoms with van der Waals surface area (Å²) in [6.45, 7) is 23.5. The van der Waals surface area contributed by atoms with E-state index < -0.39 is 23.8 Å². The van der Waals surface area contributed by atoms with Crippen molar-refractivity contribution in [2.24, 2.45) is 23.7 Å². The highest BCUT2D eigenvalue weighted by molar-refractivity contribution is 5.75. The summed E-state index contributed by atoms with van der Waals surface area (Å²) >= 11 is 0. The Hall–Kier alpha value is -8.61. The number of carbonyl (C=O) groups excluding carboxylic acids is 1. The van der Waals surface area contributed by atoms with Crippen molar-refractivity contribution in [1.29, 1.82) is 0 Å². The van der Waals surface area contributed by atoms with E-state index in [1.807, 2.05) is 82.3 Å². The van der Waals surface area contributed by atoms with Crippen molar-refractivity contribution >= 4 is 23.8 Å². The number of carboxylic acid groups (broad SMARTS) is 1. The van der Waals surface area contributed by atoms with Crippen molar-refractivity contribution in [2.45, 2.75) is 112 Å². The third-order valence-electron chi connectivity index (χ3n) is 15.9. The number of oxazole rings is 2. The van der Waals surface area contributed by atoms with Gasteiger partial charge in [0.05, 0.1) is 43.0 Å². The van der Waals surface area contributed by atoms with Gasteiger partial charge in [-0.25, -0.2) is 29.9 Å². The molecule has 4 atom stereocenters. The third kappa shape index (κ3) is 16.3. The second-order valence-electron chi connectivity index (χ2n) is 24.5. The maximum Gasteiger partial charge on any atom is 0.433 e. The van der Waals surface area contributed by atoms with Crippen molar-refractivity contribution in [1.82, 2.24) is 29.9 Å². The highest BCUT2D eigenvalue weighted by Gasteiger charge is 2.41. The van der Waals surface area contributed by atoms with E-state index in [0.29, 0.717) is 75.7 Å². The number of esters is 1. The molecule has 0 spiro atoms. The molecule has 458 valence electrons. The maximum absolute atomic E-state index is 13.1. The average Bonchev–Trinajstić information content (AvgIpc) is 3.06. The highest BCUT2D eigenvalue weighted by Crippen LogP contribution is 2.35. The molecular formula is C68H77F3N8O8. The molecule has 0 radical (unpaired) electrons. The van der Waals surface area contributed by atoms with Crippen LogP contribution in [0.4, 0.5) is 25.1 Å². The molecule has 0 amide bonds. The number of aromatic nitrogens is 6. The molecular weight excluding hydrogens is 1110 g/mol. The first-order chi connectivity index (χ1) is 41.4. The molecule has 4 aromatic carbocycles. The third-order valence-corrected chi connectivity index (χ3v) is 15.9. The molecule has 6 heterocycles. The number of anilines is 2. The Labute approximate surface area is 506 Å². The van der Waals surface area contributed by atoms with Crippen molar-refractivity contribution in [3.8, 4) is 34.4 Å². The molecule has 0 bridgehead atoms. The summed E-state index contributed by atoms with van der Waals surface area (Å²) in [5.74, 6) is 2.38. The average molecular weight is 1190 g/mol. The van der Waals surface area contributed by atoms with Gasteiger partial charge >= 0.3 is 18.1 Å². The van der Waals surface area contributed by atoms with Crippen LogP contribution >= 0.6 is 0 Å². The van der Waals surface area contributed by atoms with Crippen LogP contribution in [0.25, 0.3) is 22.9 Å². The topological polar surface area (TPSA) is 192 Å². The van der Waals surface area contributed by atoms with Crippen LogP contribution < -0.4 is 19.3 Å². The number of aryl methyl sites for hydroxylation is 3. The maximum atomic E-state index is 13.1. The number of rotatable bonds is 19. The van der Waals surface area contributed by atoms with E-state index >= 15 is 0 Å². The first-order valence-electron chi connectivity index (χ1n) is 29.6. The molecule has 87 heavy (non-hydrogen) atoms. The molecule has 0 unspecified atom stereocenters. The van der Waals surface area contributed by atoms with Crippen molar-refractivity contribution in [3.05, 3.63) is 178 Å². The van der Waals surface area contributed by atoms with Gasteiger partial charge in [-0.3, -0.25) is 9.59 Å². The van der Waals surface area contributed by atoms with Crippen molar-refractivity contribution in [3.63, 3.8) is 0 Å². The normalized spacial score (nSPS) is 17.0. The van der Waals surface area contributed by atoms with Crippen LogP contribution in [-0.2, 0) is 57.0 Å². The van der Waals surface area contributed by atoms with Crippen LogP contribution in [0.15, 0.2) is 130 Å². The Balaban J connectivity index is 0.000000208. The van der Waals surface area contributed by atoms with E-state index in [9.17, 15) is 27.9 Å².